The minimum absolute atomic E-state index is 0.151. The van der Waals surface area contributed by atoms with Crippen LogP contribution in [-0.2, 0) is 20.9 Å². The summed E-state index contributed by atoms with van der Waals surface area (Å²) < 4.78 is 6.15. The fourth-order valence-corrected chi connectivity index (χ4v) is 1.55. The van der Waals surface area contributed by atoms with Crippen LogP contribution in [0.15, 0.2) is 24.7 Å². The number of aromatic nitrogens is 5. The second-order valence-corrected chi connectivity index (χ2v) is 4.33. The SMILES string of the molecule is C[C@H](OC(=O)Cn1cnnn1)C(=O)Nc1cccnc1Cl. The Morgan fingerprint density at radius 2 is 2.33 bits per heavy atom. The first-order chi connectivity index (χ1) is 10.1. The molecular formula is C11H11ClN6O3. The molecule has 0 aliphatic rings. The van der Waals surface area contributed by atoms with Crippen molar-refractivity contribution in [3.05, 3.63) is 29.8 Å². The minimum Gasteiger partial charge on any atom is -0.451 e. The van der Waals surface area contributed by atoms with Crippen LogP contribution in [0.4, 0.5) is 5.69 Å². The summed E-state index contributed by atoms with van der Waals surface area (Å²) in [4.78, 5) is 27.3. The molecule has 21 heavy (non-hydrogen) atoms. The van der Waals surface area contributed by atoms with Gasteiger partial charge in [-0.25, -0.2) is 9.67 Å². The lowest BCUT2D eigenvalue weighted by molar-refractivity contribution is -0.153. The van der Waals surface area contributed by atoms with Gasteiger partial charge in [-0.3, -0.25) is 9.59 Å². The molecule has 0 saturated carbocycles. The maximum atomic E-state index is 11.9. The van der Waals surface area contributed by atoms with Gasteiger partial charge in [-0.15, -0.1) is 5.10 Å². The number of ether oxygens (including phenoxy) is 1. The normalized spacial score (nSPS) is 11.7. The predicted molar refractivity (Wildman–Crippen MR) is 71.2 cm³/mol. The molecule has 0 spiro atoms. The van der Waals surface area contributed by atoms with Gasteiger partial charge in [0.15, 0.2) is 11.3 Å². The lowest BCUT2D eigenvalue weighted by Gasteiger charge is -2.13. The van der Waals surface area contributed by atoms with Gasteiger partial charge in [0.2, 0.25) is 0 Å². The van der Waals surface area contributed by atoms with E-state index in [-0.39, 0.29) is 11.7 Å². The highest BCUT2D eigenvalue weighted by molar-refractivity contribution is 6.32. The highest BCUT2D eigenvalue weighted by Crippen LogP contribution is 2.17. The molecular weight excluding hydrogens is 300 g/mol. The molecule has 110 valence electrons. The van der Waals surface area contributed by atoms with E-state index in [1.165, 1.54) is 24.1 Å². The molecule has 2 aromatic heterocycles. The first kappa shape index (κ1) is 14.9. The highest BCUT2D eigenvalue weighted by atomic mass is 35.5. The molecule has 0 aliphatic carbocycles. The summed E-state index contributed by atoms with van der Waals surface area (Å²) in [6.07, 6.45) is 1.76. The van der Waals surface area contributed by atoms with Crippen LogP contribution in [0, 0.1) is 0 Å². The zero-order valence-corrected chi connectivity index (χ0v) is 11.7. The van der Waals surface area contributed by atoms with Gasteiger partial charge in [0.05, 0.1) is 5.69 Å². The van der Waals surface area contributed by atoms with Crippen LogP contribution in [0.1, 0.15) is 6.92 Å². The number of rotatable bonds is 5. The second-order valence-electron chi connectivity index (χ2n) is 3.97. The van der Waals surface area contributed by atoms with Gasteiger partial charge >= 0.3 is 5.97 Å². The average molecular weight is 311 g/mol. The number of pyridine rings is 1. The number of esters is 1. The third-order valence-corrected chi connectivity index (χ3v) is 2.68. The van der Waals surface area contributed by atoms with Crippen LogP contribution in [0.25, 0.3) is 0 Å². The zero-order chi connectivity index (χ0) is 15.2. The van der Waals surface area contributed by atoms with Gasteiger partial charge in [0, 0.05) is 6.20 Å². The maximum absolute atomic E-state index is 11.9. The number of carbonyl (C=O) groups is 2. The first-order valence-electron chi connectivity index (χ1n) is 5.88. The number of nitrogens with zero attached hydrogens (tertiary/aromatic N) is 5. The van der Waals surface area contributed by atoms with E-state index < -0.39 is 18.0 Å². The topological polar surface area (TPSA) is 112 Å². The van der Waals surface area contributed by atoms with Crippen LogP contribution in [0.2, 0.25) is 5.15 Å². The monoisotopic (exact) mass is 310 g/mol. The average Bonchev–Trinajstić information content (AvgIpc) is 2.93. The van der Waals surface area contributed by atoms with Crippen LogP contribution < -0.4 is 5.32 Å². The van der Waals surface area contributed by atoms with E-state index in [2.05, 4.69) is 25.8 Å². The highest BCUT2D eigenvalue weighted by Gasteiger charge is 2.19. The Labute approximate surface area is 124 Å². The number of anilines is 1. The summed E-state index contributed by atoms with van der Waals surface area (Å²) in [7, 11) is 0. The van der Waals surface area contributed by atoms with E-state index in [9.17, 15) is 9.59 Å². The van der Waals surface area contributed by atoms with Gasteiger partial charge < -0.3 is 10.1 Å². The molecule has 0 radical (unpaired) electrons. The zero-order valence-electron chi connectivity index (χ0n) is 10.9. The van der Waals surface area contributed by atoms with Crippen molar-refractivity contribution >= 4 is 29.2 Å². The van der Waals surface area contributed by atoms with E-state index in [0.717, 1.165) is 0 Å². The third-order valence-electron chi connectivity index (χ3n) is 2.38. The van der Waals surface area contributed by atoms with Crippen LogP contribution in [-0.4, -0.2) is 43.2 Å². The predicted octanol–water partition coefficient (Wildman–Crippen LogP) is 0.292. The van der Waals surface area contributed by atoms with E-state index in [1.54, 1.807) is 12.1 Å². The molecule has 2 rings (SSSR count). The van der Waals surface area contributed by atoms with Gasteiger partial charge in [0.25, 0.3) is 5.91 Å². The summed E-state index contributed by atoms with van der Waals surface area (Å²) in [6.45, 7) is 1.26. The number of carbonyl (C=O) groups excluding carboxylic acids is 2. The van der Waals surface area contributed by atoms with E-state index in [0.29, 0.717) is 5.69 Å². The fraction of sp³-hybridized carbons (Fsp3) is 0.273. The number of nitrogens with one attached hydrogen (secondary N) is 1. The second kappa shape index (κ2) is 6.75. The van der Waals surface area contributed by atoms with Crippen molar-refractivity contribution in [1.29, 1.82) is 0 Å². The Morgan fingerprint density at radius 1 is 1.52 bits per heavy atom. The molecule has 1 atom stereocenters. The molecule has 0 aromatic carbocycles. The Kier molecular flexibility index (Phi) is 4.77. The van der Waals surface area contributed by atoms with Crippen molar-refractivity contribution in [1.82, 2.24) is 25.2 Å². The van der Waals surface area contributed by atoms with Crippen LogP contribution in [0.3, 0.4) is 0 Å². The van der Waals surface area contributed by atoms with Crippen molar-refractivity contribution in [2.75, 3.05) is 5.32 Å². The molecule has 0 unspecified atom stereocenters. The molecule has 0 fully saturated rings. The Hall–Kier alpha value is -2.55. The summed E-state index contributed by atoms with van der Waals surface area (Å²) in [5.74, 6) is -1.16. The Bertz CT molecular complexity index is 633. The molecule has 2 heterocycles. The quantitative estimate of drug-likeness (QED) is 0.624. The van der Waals surface area contributed by atoms with Crippen LogP contribution in [0.5, 0.6) is 0 Å². The lowest BCUT2D eigenvalue weighted by Crippen LogP contribution is -2.31. The number of amides is 1. The largest absolute Gasteiger partial charge is 0.451 e. The van der Waals surface area contributed by atoms with E-state index in [4.69, 9.17) is 16.3 Å². The minimum atomic E-state index is -0.995. The smallest absolute Gasteiger partial charge is 0.328 e. The molecule has 1 N–H and O–H groups in total. The number of tetrazole rings is 1. The lowest BCUT2D eigenvalue weighted by atomic mass is 10.3. The number of hydrogen-bond donors (Lipinski definition) is 1. The fourth-order valence-electron chi connectivity index (χ4n) is 1.39. The summed E-state index contributed by atoms with van der Waals surface area (Å²) in [5.41, 5.74) is 0.340. The molecule has 2 aromatic rings. The maximum Gasteiger partial charge on any atom is 0.328 e. The molecule has 10 heteroatoms. The van der Waals surface area contributed by atoms with E-state index >= 15 is 0 Å². The van der Waals surface area contributed by atoms with Crippen molar-refractivity contribution in [2.24, 2.45) is 0 Å². The first-order valence-corrected chi connectivity index (χ1v) is 6.25. The molecule has 1 amide bonds. The Morgan fingerprint density at radius 3 is 3.00 bits per heavy atom. The number of hydrogen-bond acceptors (Lipinski definition) is 7. The summed E-state index contributed by atoms with van der Waals surface area (Å²) in [5, 5.41) is 12.9. The molecule has 9 nitrogen and oxygen atoms in total. The van der Waals surface area contributed by atoms with Crippen molar-refractivity contribution in [3.8, 4) is 0 Å². The van der Waals surface area contributed by atoms with Crippen LogP contribution >= 0.6 is 11.6 Å². The van der Waals surface area contributed by atoms with Crippen molar-refractivity contribution in [2.45, 2.75) is 19.6 Å². The number of halogens is 1. The van der Waals surface area contributed by atoms with Crippen molar-refractivity contribution in [3.63, 3.8) is 0 Å². The summed E-state index contributed by atoms with van der Waals surface area (Å²) in [6, 6.07) is 3.21. The molecule has 0 bridgehead atoms. The van der Waals surface area contributed by atoms with Gasteiger partial charge in [-0.1, -0.05) is 11.6 Å². The third kappa shape index (κ3) is 4.21. The van der Waals surface area contributed by atoms with Gasteiger partial charge in [-0.2, -0.15) is 0 Å². The molecule has 0 aliphatic heterocycles. The Balaban J connectivity index is 1.88. The standard InChI is InChI=1S/C11H11ClN6O3/c1-7(21-9(19)5-18-6-14-16-17-18)11(20)15-8-3-2-4-13-10(8)12/h2-4,6-7H,5H2,1H3,(H,15,20)/t7-/m0/s1. The summed E-state index contributed by atoms with van der Waals surface area (Å²) >= 11 is 5.81. The molecule has 0 saturated heterocycles. The van der Waals surface area contributed by atoms with E-state index in [1.807, 2.05) is 0 Å². The van der Waals surface area contributed by atoms with Gasteiger partial charge in [-0.05, 0) is 29.5 Å². The van der Waals surface area contributed by atoms with Gasteiger partial charge in [0.1, 0.15) is 12.9 Å². The van der Waals surface area contributed by atoms with Crippen molar-refractivity contribution < 1.29 is 14.3 Å².